The number of carbonyl (C=O) groups is 1. The van der Waals surface area contributed by atoms with Gasteiger partial charge in [-0.2, -0.15) is 0 Å². The highest BCUT2D eigenvalue weighted by Gasteiger charge is 2.26. The van der Waals surface area contributed by atoms with Crippen LogP contribution in [0, 0.1) is 19.7 Å². The van der Waals surface area contributed by atoms with Crippen LogP contribution >= 0.6 is 11.3 Å². The number of pyridine rings is 1. The fraction of sp³-hybridized carbons (Fsp3) is 0.292. The summed E-state index contributed by atoms with van der Waals surface area (Å²) in [5.74, 6) is -0.225. The Balaban J connectivity index is 1.24. The van der Waals surface area contributed by atoms with E-state index in [1.165, 1.54) is 10.9 Å². The molecule has 0 spiro atoms. The van der Waals surface area contributed by atoms with Gasteiger partial charge < -0.3 is 9.42 Å². The van der Waals surface area contributed by atoms with Crippen molar-refractivity contribution in [3.05, 3.63) is 70.1 Å². The second kappa shape index (κ2) is 8.44. The van der Waals surface area contributed by atoms with Crippen LogP contribution in [0.15, 0.2) is 47.0 Å². The van der Waals surface area contributed by atoms with E-state index >= 15 is 0 Å². The Bertz CT molecular complexity index is 1290. The Hall–Kier alpha value is -3.10. The molecule has 1 amide bonds. The number of thiophene rings is 1. The monoisotopic (exact) mass is 450 g/mol. The average Bonchev–Trinajstić information content (AvgIpc) is 3.40. The maximum absolute atomic E-state index is 13.5. The van der Waals surface area contributed by atoms with Crippen LogP contribution < -0.4 is 0 Å². The van der Waals surface area contributed by atoms with Crippen molar-refractivity contribution in [2.45, 2.75) is 20.4 Å². The lowest BCUT2D eigenvalue weighted by Gasteiger charge is -2.34. The smallest absolute Gasteiger partial charge is 0.258 e. The molecule has 4 aromatic rings. The van der Waals surface area contributed by atoms with E-state index in [4.69, 9.17) is 4.52 Å². The van der Waals surface area contributed by atoms with Crippen molar-refractivity contribution < 1.29 is 13.7 Å². The second-order valence-corrected chi connectivity index (χ2v) is 9.27. The van der Waals surface area contributed by atoms with Crippen molar-refractivity contribution in [3.8, 4) is 10.4 Å². The van der Waals surface area contributed by atoms with Crippen molar-refractivity contribution in [3.63, 3.8) is 0 Å². The topological polar surface area (TPSA) is 62.5 Å². The molecule has 0 unspecified atom stereocenters. The van der Waals surface area contributed by atoms with Crippen molar-refractivity contribution in [2.24, 2.45) is 0 Å². The number of hydrogen-bond acceptors (Lipinski definition) is 6. The predicted octanol–water partition coefficient (Wildman–Crippen LogP) is 4.67. The van der Waals surface area contributed by atoms with Crippen molar-refractivity contribution in [2.75, 3.05) is 26.2 Å². The Morgan fingerprint density at radius 3 is 2.72 bits per heavy atom. The van der Waals surface area contributed by atoms with Gasteiger partial charge in [-0.1, -0.05) is 17.3 Å². The second-order valence-electron chi connectivity index (χ2n) is 8.10. The summed E-state index contributed by atoms with van der Waals surface area (Å²) < 4.78 is 18.8. The summed E-state index contributed by atoms with van der Waals surface area (Å²) in [6, 6.07) is 12.7. The third kappa shape index (κ3) is 4.03. The van der Waals surface area contributed by atoms with Gasteiger partial charge in [-0.25, -0.2) is 9.37 Å². The van der Waals surface area contributed by atoms with Gasteiger partial charge in [0, 0.05) is 48.2 Å². The molecule has 1 aliphatic heterocycles. The lowest BCUT2D eigenvalue weighted by Crippen LogP contribution is -2.48. The third-order valence-corrected chi connectivity index (χ3v) is 6.90. The summed E-state index contributed by atoms with van der Waals surface area (Å²) in [4.78, 5) is 24.1. The molecule has 0 atom stereocenters. The number of benzene rings is 1. The predicted molar refractivity (Wildman–Crippen MR) is 122 cm³/mol. The zero-order chi connectivity index (χ0) is 22.2. The molecular weight excluding hydrogens is 427 g/mol. The molecule has 164 valence electrons. The lowest BCUT2D eigenvalue weighted by molar-refractivity contribution is 0.0631. The van der Waals surface area contributed by atoms with Crippen molar-refractivity contribution >= 4 is 28.3 Å². The number of rotatable bonds is 4. The first-order chi connectivity index (χ1) is 15.5. The third-order valence-electron chi connectivity index (χ3n) is 5.79. The fourth-order valence-electron chi connectivity index (χ4n) is 4.15. The summed E-state index contributed by atoms with van der Waals surface area (Å²) in [7, 11) is 0. The summed E-state index contributed by atoms with van der Waals surface area (Å²) in [6.45, 7) is 7.43. The first kappa shape index (κ1) is 20.8. The molecule has 1 saturated heterocycles. The minimum atomic E-state index is -0.221. The Labute approximate surface area is 189 Å². The largest absolute Gasteiger partial charge is 0.336 e. The van der Waals surface area contributed by atoms with Crippen LogP contribution in [0.3, 0.4) is 0 Å². The molecule has 4 heterocycles. The van der Waals surface area contributed by atoms with Crippen molar-refractivity contribution in [1.82, 2.24) is 19.9 Å². The van der Waals surface area contributed by atoms with Gasteiger partial charge >= 0.3 is 0 Å². The number of halogens is 1. The van der Waals surface area contributed by atoms with E-state index in [2.05, 4.69) is 21.1 Å². The van der Waals surface area contributed by atoms with E-state index in [1.54, 1.807) is 23.5 Å². The zero-order valence-corrected chi connectivity index (χ0v) is 18.8. The Kier molecular flexibility index (Phi) is 5.48. The van der Waals surface area contributed by atoms with E-state index in [0.717, 1.165) is 35.8 Å². The Morgan fingerprint density at radius 1 is 1.12 bits per heavy atom. The molecule has 0 saturated carbocycles. The minimum Gasteiger partial charge on any atom is -0.336 e. The summed E-state index contributed by atoms with van der Waals surface area (Å²) in [5.41, 5.74) is 3.34. The normalized spacial score (nSPS) is 14.9. The summed E-state index contributed by atoms with van der Waals surface area (Å²) in [6.07, 6.45) is 0. The van der Waals surface area contributed by atoms with Crippen LogP contribution in [0.1, 0.15) is 26.6 Å². The van der Waals surface area contributed by atoms with E-state index in [-0.39, 0.29) is 11.7 Å². The first-order valence-corrected chi connectivity index (χ1v) is 11.4. The Morgan fingerprint density at radius 2 is 1.94 bits per heavy atom. The maximum Gasteiger partial charge on any atom is 0.258 e. The minimum absolute atomic E-state index is 0.00374. The number of hydrogen-bond donors (Lipinski definition) is 0. The standard InChI is InChI=1S/C24H23FN4O2S/c1-15-12-20(22-16(2)27-31-23(22)26-15)24(30)29-10-8-28(9-11-29)14-19-6-7-21(32-19)17-4-3-5-18(25)13-17/h3-7,12-13H,8-11,14H2,1-2H3. The van der Waals surface area contributed by atoms with Gasteiger partial charge in [0.1, 0.15) is 5.82 Å². The molecular formula is C24H23FN4O2S. The van der Waals surface area contributed by atoms with Crippen LogP contribution in [-0.2, 0) is 6.54 Å². The van der Waals surface area contributed by atoms with Crippen LogP contribution in [0.2, 0.25) is 0 Å². The van der Waals surface area contributed by atoms with Gasteiger partial charge in [0.2, 0.25) is 0 Å². The van der Waals surface area contributed by atoms with Gasteiger partial charge in [-0.15, -0.1) is 11.3 Å². The molecule has 1 aliphatic rings. The van der Waals surface area contributed by atoms with Crippen LogP contribution in [0.5, 0.6) is 0 Å². The number of amides is 1. The number of carbonyl (C=O) groups excluding carboxylic acids is 1. The zero-order valence-electron chi connectivity index (χ0n) is 18.0. The highest BCUT2D eigenvalue weighted by atomic mass is 32.1. The highest BCUT2D eigenvalue weighted by Crippen LogP contribution is 2.30. The molecule has 0 radical (unpaired) electrons. The first-order valence-electron chi connectivity index (χ1n) is 10.6. The molecule has 1 aromatic carbocycles. The molecule has 5 rings (SSSR count). The summed E-state index contributed by atoms with van der Waals surface area (Å²) >= 11 is 1.68. The van der Waals surface area contributed by atoms with Gasteiger partial charge in [0.05, 0.1) is 16.6 Å². The quantitative estimate of drug-likeness (QED) is 0.452. The van der Waals surface area contributed by atoms with Gasteiger partial charge in [0.25, 0.3) is 11.6 Å². The van der Waals surface area contributed by atoms with E-state index in [9.17, 15) is 9.18 Å². The van der Waals surface area contributed by atoms with E-state index < -0.39 is 0 Å². The fourth-order valence-corrected chi connectivity index (χ4v) is 5.19. The summed E-state index contributed by atoms with van der Waals surface area (Å²) in [5, 5.41) is 4.68. The average molecular weight is 451 g/mol. The molecule has 0 bridgehead atoms. The van der Waals surface area contributed by atoms with E-state index in [0.29, 0.717) is 35.4 Å². The highest BCUT2D eigenvalue weighted by molar-refractivity contribution is 7.15. The molecule has 8 heteroatoms. The van der Waals surface area contributed by atoms with Crippen LogP contribution in [0.25, 0.3) is 21.5 Å². The van der Waals surface area contributed by atoms with E-state index in [1.807, 2.05) is 36.9 Å². The molecule has 6 nitrogen and oxygen atoms in total. The SMILES string of the molecule is Cc1cc(C(=O)N2CCN(Cc3ccc(-c4cccc(F)c4)s3)CC2)c2c(C)noc2n1. The van der Waals surface area contributed by atoms with Crippen LogP contribution in [0.4, 0.5) is 4.39 Å². The molecule has 1 fully saturated rings. The van der Waals surface area contributed by atoms with Crippen molar-refractivity contribution in [1.29, 1.82) is 0 Å². The molecule has 32 heavy (non-hydrogen) atoms. The maximum atomic E-state index is 13.5. The molecule has 0 aliphatic carbocycles. The number of aryl methyl sites for hydroxylation is 2. The van der Waals surface area contributed by atoms with Gasteiger partial charge in [-0.05, 0) is 49.7 Å². The number of fused-ring (bicyclic) bond motifs is 1. The van der Waals surface area contributed by atoms with Gasteiger partial charge in [0.15, 0.2) is 0 Å². The number of aromatic nitrogens is 2. The van der Waals surface area contributed by atoms with Gasteiger partial charge in [-0.3, -0.25) is 9.69 Å². The van der Waals surface area contributed by atoms with Crippen LogP contribution in [-0.4, -0.2) is 52.0 Å². The molecule has 3 aromatic heterocycles. The number of nitrogens with zero attached hydrogens (tertiary/aromatic N) is 4. The number of piperazine rings is 1. The lowest BCUT2D eigenvalue weighted by atomic mass is 10.1. The molecule has 0 N–H and O–H groups in total.